The molecule has 0 aromatic rings. The van der Waals surface area contributed by atoms with Crippen molar-refractivity contribution in [1.29, 1.82) is 0 Å². The Morgan fingerprint density at radius 2 is 1.48 bits per heavy atom. The molecule has 10 atom stereocenters. The highest BCUT2D eigenvalue weighted by molar-refractivity contribution is 5.66. The Morgan fingerprint density at radius 3 is 2.24 bits per heavy atom. The van der Waals surface area contributed by atoms with Crippen LogP contribution in [0, 0.1) is 52.8 Å². The molecule has 0 aliphatic heterocycles. The van der Waals surface area contributed by atoms with E-state index in [0.717, 1.165) is 60.2 Å². The fraction of sp³-hybridized carbons (Fsp3) is 0.889. The molecule has 0 spiro atoms. The number of fused-ring (bicyclic) bond motifs is 7. The molecule has 2 nitrogen and oxygen atoms in total. The van der Waals surface area contributed by atoms with E-state index in [9.17, 15) is 4.79 Å². The van der Waals surface area contributed by atoms with Gasteiger partial charge in [0.2, 0.25) is 0 Å². The van der Waals surface area contributed by atoms with Gasteiger partial charge in [0, 0.05) is 6.92 Å². The standard InChI is InChI=1S/C27H42O2/c1-16(2)25-13-7-19-6-10-24-23-9-5-18-15-20(29-17(3)28)8-11-21(18)22(23)12-14-26(24)27(19,25)4/h18-26H,1,5-15H2,2-4H3. The zero-order chi connectivity index (χ0) is 20.3. The van der Waals surface area contributed by atoms with Crippen LogP contribution in [0.5, 0.6) is 0 Å². The van der Waals surface area contributed by atoms with Gasteiger partial charge in [-0.1, -0.05) is 19.1 Å². The molecule has 5 rings (SSSR count). The van der Waals surface area contributed by atoms with Gasteiger partial charge in [-0.3, -0.25) is 4.79 Å². The van der Waals surface area contributed by atoms with Gasteiger partial charge in [-0.15, -0.1) is 0 Å². The van der Waals surface area contributed by atoms with Crippen molar-refractivity contribution >= 4 is 5.97 Å². The highest BCUT2D eigenvalue weighted by atomic mass is 16.5. The minimum absolute atomic E-state index is 0.0868. The summed E-state index contributed by atoms with van der Waals surface area (Å²) in [5.74, 6) is 7.21. The molecule has 10 unspecified atom stereocenters. The van der Waals surface area contributed by atoms with Crippen LogP contribution in [-0.4, -0.2) is 12.1 Å². The van der Waals surface area contributed by atoms with Crippen LogP contribution in [0.25, 0.3) is 0 Å². The van der Waals surface area contributed by atoms with E-state index >= 15 is 0 Å². The molecule has 0 heterocycles. The first-order valence-corrected chi connectivity index (χ1v) is 12.7. The Bertz CT molecular complexity index is 667. The average molecular weight is 399 g/mol. The predicted molar refractivity (Wildman–Crippen MR) is 117 cm³/mol. The second-order valence-electron chi connectivity index (χ2n) is 11.8. The lowest BCUT2D eigenvalue weighted by Crippen LogP contribution is -2.53. The zero-order valence-electron chi connectivity index (χ0n) is 19.0. The van der Waals surface area contributed by atoms with Crippen LogP contribution in [0.4, 0.5) is 0 Å². The van der Waals surface area contributed by atoms with E-state index in [1.807, 2.05) is 0 Å². The summed E-state index contributed by atoms with van der Waals surface area (Å²) in [6.07, 6.45) is 15.3. The fourth-order valence-corrected chi connectivity index (χ4v) is 9.91. The van der Waals surface area contributed by atoms with Crippen LogP contribution in [0.3, 0.4) is 0 Å². The van der Waals surface area contributed by atoms with Gasteiger partial charge in [0.1, 0.15) is 6.10 Å². The van der Waals surface area contributed by atoms with Gasteiger partial charge in [0.15, 0.2) is 0 Å². The average Bonchev–Trinajstić information content (AvgIpc) is 3.04. The van der Waals surface area contributed by atoms with E-state index in [2.05, 4.69) is 20.4 Å². The van der Waals surface area contributed by atoms with Gasteiger partial charge < -0.3 is 4.74 Å². The molecule has 0 bridgehead atoms. The normalized spacial score (nSPS) is 51.2. The van der Waals surface area contributed by atoms with E-state index < -0.39 is 0 Å². The number of hydrogen-bond donors (Lipinski definition) is 0. The number of allylic oxidation sites excluding steroid dienone is 1. The maximum Gasteiger partial charge on any atom is 0.302 e. The summed E-state index contributed by atoms with van der Waals surface area (Å²) in [4.78, 5) is 11.4. The molecule has 0 radical (unpaired) electrons. The monoisotopic (exact) mass is 398 g/mol. The molecule has 5 fully saturated rings. The van der Waals surface area contributed by atoms with Gasteiger partial charge in [-0.25, -0.2) is 0 Å². The number of hydrogen-bond acceptors (Lipinski definition) is 2. The minimum Gasteiger partial charge on any atom is -0.463 e. The van der Waals surface area contributed by atoms with Crippen LogP contribution in [0.1, 0.15) is 91.4 Å². The maximum absolute atomic E-state index is 11.4. The minimum atomic E-state index is -0.0868. The summed E-state index contributed by atoms with van der Waals surface area (Å²) in [5.41, 5.74) is 1.99. The maximum atomic E-state index is 11.4. The lowest BCUT2D eigenvalue weighted by atomic mass is 9.45. The summed E-state index contributed by atoms with van der Waals surface area (Å²) in [7, 11) is 0. The molecular weight excluding hydrogens is 356 g/mol. The molecular formula is C27H42O2. The number of esters is 1. The SMILES string of the molecule is C=C(C)C1CCC2CCC3C4CCC5CC(OC(C)=O)CCC5C4CCC3C21C. The third kappa shape index (κ3) is 3.14. The Labute approximate surface area is 178 Å². The number of carbonyl (C=O) groups is 1. The van der Waals surface area contributed by atoms with E-state index in [0.29, 0.717) is 5.41 Å². The smallest absolute Gasteiger partial charge is 0.302 e. The second-order valence-corrected chi connectivity index (χ2v) is 11.8. The largest absolute Gasteiger partial charge is 0.463 e. The second kappa shape index (κ2) is 7.41. The molecule has 5 saturated carbocycles. The van der Waals surface area contributed by atoms with Gasteiger partial charge >= 0.3 is 5.97 Å². The lowest BCUT2D eigenvalue weighted by molar-refractivity contribution is -0.153. The summed E-state index contributed by atoms with van der Waals surface area (Å²) in [6, 6.07) is 0. The van der Waals surface area contributed by atoms with Crippen molar-refractivity contribution in [2.45, 2.75) is 97.5 Å². The zero-order valence-corrected chi connectivity index (χ0v) is 19.0. The highest BCUT2D eigenvalue weighted by Crippen LogP contribution is 2.67. The Morgan fingerprint density at radius 1 is 0.828 bits per heavy atom. The third-order valence-corrected chi connectivity index (χ3v) is 10.9. The van der Waals surface area contributed by atoms with E-state index in [1.54, 1.807) is 6.92 Å². The van der Waals surface area contributed by atoms with Crippen LogP contribution < -0.4 is 0 Å². The molecule has 0 N–H and O–H groups in total. The lowest BCUT2D eigenvalue weighted by Gasteiger charge is -2.60. The van der Waals surface area contributed by atoms with Gasteiger partial charge in [0.25, 0.3) is 0 Å². The molecule has 0 aromatic carbocycles. The van der Waals surface area contributed by atoms with Crippen molar-refractivity contribution in [3.63, 3.8) is 0 Å². The van der Waals surface area contributed by atoms with E-state index in [1.165, 1.54) is 63.4 Å². The Balaban J connectivity index is 1.33. The Hall–Kier alpha value is -0.790. The molecule has 2 heteroatoms. The van der Waals surface area contributed by atoms with E-state index in [-0.39, 0.29) is 12.1 Å². The summed E-state index contributed by atoms with van der Waals surface area (Å²) in [5, 5.41) is 0. The van der Waals surface area contributed by atoms with E-state index in [4.69, 9.17) is 4.74 Å². The first-order chi connectivity index (χ1) is 13.9. The molecule has 0 aromatic heterocycles. The van der Waals surface area contributed by atoms with Crippen molar-refractivity contribution in [2.75, 3.05) is 0 Å². The van der Waals surface area contributed by atoms with Crippen LogP contribution in [-0.2, 0) is 9.53 Å². The molecule has 5 aliphatic carbocycles. The third-order valence-electron chi connectivity index (χ3n) is 10.9. The van der Waals surface area contributed by atoms with Crippen LogP contribution >= 0.6 is 0 Å². The van der Waals surface area contributed by atoms with Crippen molar-refractivity contribution in [2.24, 2.45) is 52.8 Å². The van der Waals surface area contributed by atoms with Crippen molar-refractivity contribution < 1.29 is 9.53 Å². The topological polar surface area (TPSA) is 26.3 Å². The number of carbonyl (C=O) groups excluding carboxylic acids is 1. The Kier molecular flexibility index (Phi) is 5.15. The summed E-state index contributed by atoms with van der Waals surface area (Å²) < 4.78 is 5.61. The van der Waals surface area contributed by atoms with Crippen molar-refractivity contribution in [3.8, 4) is 0 Å². The first-order valence-electron chi connectivity index (χ1n) is 12.7. The molecule has 0 amide bonds. The molecule has 162 valence electrons. The fourth-order valence-electron chi connectivity index (χ4n) is 9.91. The quantitative estimate of drug-likeness (QED) is 0.378. The summed E-state index contributed by atoms with van der Waals surface area (Å²) >= 11 is 0. The van der Waals surface area contributed by atoms with Crippen molar-refractivity contribution in [3.05, 3.63) is 12.2 Å². The number of ether oxygens (including phenoxy) is 1. The van der Waals surface area contributed by atoms with Crippen LogP contribution in [0.2, 0.25) is 0 Å². The summed E-state index contributed by atoms with van der Waals surface area (Å²) in [6.45, 7) is 11.0. The van der Waals surface area contributed by atoms with Crippen molar-refractivity contribution in [1.82, 2.24) is 0 Å². The predicted octanol–water partition coefficient (Wildman–Crippen LogP) is 6.79. The highest BCUT2D eigenvalue weighted by Gasteiger charge is 2.60. The first kappa shape index (κ1) is 20.1. The molecule has 29 heavy (non-hydrogen) atoms. The molecule has 0 saturated heterocycles. The van der Waals surface area contributed by atoms with Gasteiger partial charge in [0.05, 0.1) is 0 Å². The van der Waals surface area contributed by atoms with Gasteiger partial charge in [-0.2, -0.15) is 0 Å². The van der Waals surface area contributed by atoms with Crippen LogP contribution in [0.15, 0.2) is 12.2 Å². The molecule has 5 aliphatic rings. The van der Waals surface area contributed by atoms with Gasteiger partial charge in [-0.05, 0) is 130 Å². The number of rotatable bonds is 2.